The van der Waals surface area contributed by atoms with Gasteiger partial charge in [0.25, 0.3) is 0 Å². The molecule has 192 valence electrons. The number of nitrogens with zero attached hydrogens (tertiary/aromatic N) is 1. The molecular formula is C31H34N2O4. The van der Waals surface area contributed by atoms with E-state index in [1.807, 2.05) is 62.1 Å². The third-order valence-electron chi connectivity index (χ3n) is 6.85. The Hall–Kier alpha value is -3.93. The van der Waals surface area contributed by atoms with Gasteiger partial charge in [-0.1, -0.05) is 42.5 Å². The third kappa shape index (κ3) is 4.88. The van der Waals surface area contributed by atoms with Crippen molar-refractivity contribution in [3.8, 4) is 17.2 Å². The second kappa shape index (κ2) is 11.0. The van der Waals surface area contributed by atoms with E-state index in [0.29, 0.717) is 37.9 Å². The maximum absolute atomic E-state index is 14.0. The Bertz CT molecular complexity index is 1380. The highest BCUT2D eigenvalue weighted by Gasteiger charge is 2.35. The molecule has 37 heavy (non-hydrogen) atoms. The number of ether oxygens (including phenoxy) is 3. The SMILES string of the molecule is CCOc1ccc([C@@H]2c3[nH]c4ccccc4c3CCN2C(=O)Cc2cccc(OCC)c2OCC)cc1. The highest BCUT2D eigenvalue weighted by molar-refractivity contribution is 5.87. The molecule has 0 bridgehead atoms. The Balaban J connectivity index is 1.53. The molecule has 0 aliphatic carbocycles. The second-order valence-electron chi connectivity index (χ2n) is 9.09. The molecular weight excluding hydrogens is 464 g/mol. The monoisotopic (exact) mass is 498 g/mol. The minimum Gasteiger partial charge on any atom is -0.494 e. The molecule has 2 heterocycles. The number of hydrogen-bond donors (Lipinski definition) is 1. The van der Waals surface area contributed by atoms with E-state index in [4.69, 9.17) is 14.2 Å². The number of hydrogen-bond acceptors (Lipinski definition) is 4. The molecule has 1 atom stereocenters. The van der Waals surface area contributed by atoms with Crippen molar-refractivity contribution in [1.29, 1.82) is 0 Å². The van der Waals surface area contributed by atoms with Crippen molar-refractivity contribution in [1.82, 2.24) is 9.88 Å². The van der Waals surface area contributed by atoms with E-state index in [1.54, 1.807) is 0 Å². The van der Waals surface area contributed by atoms with Gasteiger partial charge in [-0.3, -0.25) is 4.79 Å². The molecule has 0 radical (unpaired) electrons. The van der Waals surface area contributed by atoms with Crippen molar-refractivity contribution in [3.63, 3.8) is 0 Å². The summed E-state index contributed by atoms with van der Waals surface area (Å²) < 4.78 is 17.4. The molecule has 1 aliphatic heterocycles. The molecule has 5 rings (SSSR count). The first-order valence-electron chi connectivity index (χ1n) is 13.1. The molecule has 0 saturated carbocycles. The molecule has 0 unspecified atom stereocenters. The van der Waals surface area contributed by atoms with Crippen molar-refractivity contribution < 1.29 is 19.0 Å². The third-order valence-corrected chi connectivity index (χ3v) is 6.85. The summed E-state index contributed by atoms with van der Waals surface area (Å²) in [6.45, 7) is 8.15. The molecule has 3 aromatic carbocycles. The molecule has 1 aromatic heterocycles. The lowest BCUT2D eigenvalue weighted by Gasteiger charge is -2.36. The smallest absolute Gasteiger partial charge is 0.227 e. The van der Waals surface area contributed by atoms with E-state index in [-0.39, 0.29) is 18.4 Å². The van der Waals surface area contributed by atoms with Crippen LogP contribution >= 0.6 is 0 Å². The first kappa shape index (κ1) is 24.8. The minimum absolute atomic E-state index is 0.0535. The molecule has 0 spiro atoms. The summed E-state index contributed by atoms with van der Waals surface area (Å²) in [6, 6.07) is 22.0. The van der Waals surface area contributed by atoms with Gasteiger partial charge in [0, 0.05) is 28.7 Å². The summed E-state index contributed by atoms with van der Waals surface area (Å²) in [5, 5.41) is 1.23. The van der Waals surface area contributed by atoms with Crippen LogP contribution in [-0.2, 0) is 17.6 Å². The largest absolute Gasteiger partial charge is 0.494 e. The van der Waals surface area contributed by atoms with Gasteiger partial charge in [-0.25, -0.2) is 0 Å². The van der Waals surface area contributed by atoms with Crippen molar-refractivity contribution in [2.24, 2.45) is 0 Å². The summed E-state index contributed by atoms with van der Waals surface area (Å²) in [7, 11) is 0. The zero-order valence-corrected chi connectivity index (χ0v) is 21.8. The van der Waals surface area contributed by atoms with Gasteiger partial charge < -0.3 is 24.1 Å². The topological polar surface area (TPSA) is 63.8 Å². The fraction of sp³-hybridized carbons (Fsp3) is 0.323. The van der Waals surface area contributed by atoms with Crippen LogP contribution in [0.3, 0.4) is 0 Å². The van der Waals surface area contributed by atoms with Crippen LogP contribution in [0.15, 0.2) is 66.7 Å². The summed E-state index contributed by atoms with van der Waals surface area (Å²) in [4.78, 5) is 19.6. The van der Waals surface area contributed by atoms with Crippen molar-refractivity contribution >= 4 is 16.8 Å². The molecule has 0 saturated heterocycles. The number of carbonyl (C=O) groups excluding carboxylic acids is 1. The lowest BCUT2D eigenvalue weighted by molar-refractivity contribution is -0.132. The van der Waals surface area contributed by atoms with Crippen LogP contribution in [-0.4, -0.2) is 42.2 Å². The molecule has 1 amide bonds. The van der Waals surface area contributed by atoms with Gasteiger partial charge in [0.05, 0.1) is 32.3 Å². The fourth-order valence-electron chi connectivity index (χ4n) is 5.31. The van der Waals surface area contributed by atoms with Gasteiger partial charge >= 0.3 is 0 Å². The van der Waals surface area contributed by atoms with Gasteiger partial charge in [0.2, 0.25) is 5.91 Å². The lowest BCUT2D eigenvalue weighted by Crippen LogP contribution is -2.41. The number of H-pyrrole nitrogens is 1. The maximum Gasteiger partial charge on any atom is 0.227 e. The van der Waals surface area contributed by atoms with Crippen LogP contribution in [0, 0.1) is 0 Å². The quantitative estimate of drug-likeness (QED) is 0.304. The first-order valence-corrected chi connectivity index (χ1v) is 13.1. The number of fused-ring (bicyclic) bond motifs is 3. The highest BCUT2D eigenvalue weighted by Crippen LogP contribution is 2.40. The highest BCUT2D eigenvalue weighted by atomic mass is 16.5. The minimum atomic E-state index is -0.218. The summed E-state index contributed by atoms with van der Waals surface area (Å²) in [5.41, 5.74) is 5.36. The lowest BCUT2D eigenvalue weighted by atomic mass is 9.91. The molecule has 6 nitrogen and oxygen atoms in total. The van der Waals surface area contributed by atoms with Crippen LogP contribution < -0.4 is 14.2 Å². The predicted molar refractivity (Wildman–Crippen MR) is 146 cm³/mol. The van der Waals surface area contributed by atoms with Crippen LogP contribution in [0.2, 0.25) is 0 Å². The van der Waals surface area contributed by atoms with E-state index in [0.717, 1.165) is 34.5 Å². The molecule has 4 aromatic rings. The Labute approximate surface area is 218 Å². The van der Waals surface area contributed by atoms with Crippen molar-refractivity contribution in [2.45, 2.75) is 39.7 Å². The summed E-state index contributed by atoms with van der Waals surface area (Å²) in [5.74, 6) is 2.21. The van der Waals surface area contributed by atoms with Gasteiger partial charge in [-0.2, -0.15) is 0 Å². The molecule has 6 heteroatoms. The molecule has 0 fully saturated rings. The number of rotatable bonds is 9. The number of aromatic nitrogens is 1. The van der Waals surface area contributed by atoms with Crippen LogP contribution in [0.4, 0.5) is 0 Å². The molecule has 1 aliphatic rings. The normalized spacial score (nSPS) is 14.9. The Kier molecular flexibility index (Phi) is 7.35. The fourth-order valence-corrected chi connectivity index (χ4v) is 5.31. The number of nitrogens with one attached hydrogen (secondary N) is 1. The van der Waals surface area contributed by atoms with E-state index in [1.165, 1.54) is 10.9 Å². The van der Waals surface area contributed by atoms with Gasteiger partial charge in [0.15, 0.2) is 11.5 Å². The summed E-state index contributed by atoms with van der Waals surface area (Å²) >= 11 is 0. The molecule has 1 N–H and O–H groups in total. The average molecular weight is 499 g/mol. The van der Waals surface area contributed by atoms with E-state index < -0.39 is 0 Å². The van der Waals surface area contributed by atoms with E-state index in [2.05, 4.69) is 35.3 Å². The van der Waals surface area contributed by atoms with E-state index in [9.17, 15) is 4.79 Å². The zero-order valence-electron chi connectivity index (χ0n) is 21.8. The number of para-hydroxylation sites is 2. The number of amides is 1. The number of carbonyl (C=O) groups is 1. The first-order chi connectivity index (χ1) is 18.1. The van der Waals surface area contributed by atoms with Crippen molar-refractivity contribution in [3.05, 3.63) is 89.1 Å². The predicted octanol–water partition coefficient (Wildman–Crippen LogP) is 6.08. The second-order valence-corrected chi connectivity index (χ2v) is 9.09. The van der Waals surface area contributed by atoms with Gasteiger partial charge in [-0.15, -0.1) is 0 Å². The Morgan fingerprint density at radius 1 is 0.892 bits per heavy atom. The number of benzene rings is 3. The van der Waals surface area contributed by atoms with Crippen LogP contribution in [0.5, 0.6) is 17.2 Å². The average Bonchev–Trinajstić information content (AvgIpc) is 3.29. The Morgan fingerprint density at radius 2 is 1.65 bits per heavy atom. The van der Waals surface area contributed by atoms with E-state index >= 15 is 0 Å². The summed E-state index contributed by atoms with van der Waals surface area (Å²) in [6.07, 6.45) is 1.04. The Morgan fingerprint density at radius 3 is 2.41 bits per heavy atom. The number of aromatic amines is 1. The zero-order chi connectivity index (χ0) is 25.8. The van der Waals surface area contributed by atoms with Crippen LogP contribution in [0.25, 0.3) is 10.9 Å². The van der Waals surface area contributed by atoms with Gasteiger partial charge in [0.1, 0.15) is 5.75 Å². The standard InChI is InChI=1S/C31H34N2O4/c1-4-35-23-16-14-21(15-17-23)30-29-25(24-11-7-8-12-26(24)32-29)18-19-33(30)28(34)20-22-10-9-13-27(36-5-2)31(22)37-6-3/h7-17,30,32H,4-6,18-20H2,1-3H3/t30-/m1/s1. The maximum atomic E-state index is 14.0. The van der Waals surface area contributed by atoms with Gasteiger partial charge in [-0.05, 0) is 62.6 Å². The van der Waals surface area contributed by atoms with Crippen LogP contribution in [0.1, 0.15) is 49.2 Å². The van der Waals surface area contributed by atoms with Crippen molar-refractivity contribution in [2.75, 3.05) is 26.4 Å².